The molecule has 0 saturated heterocycles. The summed E-state index contributed by atoms with van der Waals surface area (Å²) in [4.78, 5) is 10.3. The fourth-order valence-electron chi connectivity index (χ4n) is 2.54. The first-order chi connectivity index (χ1) is 8.11. The number of aromatic nitrogens is 2. The Morgan fingerprint density at radius 1 is 1.65 bits per heavy atom. The molecule has 5 nitrogen and oxygen atoms in total. The molecule has 0 N–H and O–H groups in total. The van der Waals surface area contributed by atoms with E-state index >= 15 is 0 Å². The van der Waals surface area contributed by atoms with E-state index in [2.05, 4.69) is 28.0 Å². The Labute approximate surface area is 108 Å². The van der Waals surface area contributed by atoms with Crippen molar-refractivity contribution in [1.82, 2.24) is 9.78 Å². The number of rotatable bonds is 3. The summed E-state index contributed by atoms with van der Waals surface area (Å²) >= 11 is 3.19. The van der Waals surface area contributed by atoms with E-state index in [9.17, 15) is 10.1 Å². The lowest BCUT2D eigenvalue weighted by Crippen LogP contribution is -2.19. The molecule has 1 aromatic heterocycles. The molecule has 1 fully saturated rings. The minimum atomic E-state index is -0.444. The summed E-state index contributed by atoms with van der Waals surface area (Å²) in [6, 6.07) is 0.318. The van der Waals surface area contributed by atoms with Gasteiger partial charge < -0.3 is 10.1 Å². The summed E-state index contributed by atoms with van der Waals surface area (Å²) in [6.45, 7) is 2.20. The Kier molecular flexibility index (Phi) is 3.81. The van der Waals surface area contributed by atoms with E-state index in [4.69, 9.17) is 0 Å². The highest BCUT2D eigenvalue weighted by molar-refractivity contribution is 9.10. The van der Waals surface area contributed by atoms with Crippen LogP contribution in [0.25, 0.3) is 0 Å². The predicted octanol–water partition coefficient (Wildman–Crippen LogP) is 3.70. The van der Waals surface area contributed by atoms with Crippen LogP contribution in [-0.2, 0) is 0 Å². The first-order valence-corrected chi connectivity index (χ1v) is 6.80. The average Bonchev–Trinajstić information content (AvgIpc) is 2.71. The second kappa shape index (κ2) is 5.16. The number of halogens is 1. The second-order valence-corrected chi connectivity index (χ2v) is 5.49. The number of nitro groups is 1. The largest absolute Gasteiger partial charge is 0.404 e. The highest BCUT2D eigenvalue weighted by Crippen LogP contribution is 2.35. The Morgan fingerprint density at radius 3 is 3.00 bits per heavy atom. The molecule has 0 amide bonds. The molecule has 94 valence electrons. The van der Waals surface area contributed by atoms with Gasteiger partial charge in [0.15, 0.2) is 0 Å². The van der Waals surface area contributed by atoms with E-state index < -0.39 is 4.92 Å². The van der Waals surface area contributed by atoms with Crippen molar-refractivity contribution in [2.24, 2.45) is 5.92 Å². The first-order valence-electron chi connectivity index (χ1n) is 6.00. The van der Waals surface area contributed by atoms with Crippen LogP contribution < -0.4 is 0 Å². The van der Waals surface area contributed by atoms with Crippen molar-refractivity contribution in [2.45, 2.75) is 45.1 Å². The van der Waals surface area contributed by atoms with Crippen LogP contribution in [0.15, 0.2) is 10.7 Å². The van der Waals surface area contributed by atoms with Gasteiger partial charge in [-0.15, -0.1) is 0 Å². The monoisotopic (exact) mass is 301 g/mol. The summed E-state index contributed by atoms with van der Waals surface area (Å²) in [5.74, 6) is 0.652. The number of hydrogen-bond acceptors (Lipinski definition) is 3. The van der Waals surface area contributed by atoms with E-state index in [0.717, 1.165) is 18.8 Å². The van der Waals surface area contributed by atoms with E-state index in [1.807, 2.05) is 0 Å². The zero-order chi connectivity index (χ0) is 12.4. The normalized spacial score (nSPS) is 24.8. The predicted molar refractivity (Wildman–Crippen MR) is 67.9 cm³/mol. The van der Waals surface area contributed by atoms with Gasteiger partial charge in [0.25, 0.3) is 0 Å². The summed E-state index contributed by atoms with van der Waals surface area (Å²) in [6.07, 6.45) is 7.54. The lowest BCUT2D eigenvalue weighted by atomic mass is 9.84. The van der Waals surface area contributed by atoms with Crippen molar-refractivity contribution >= 4 is 21.7 Å². The zero-order valence-corrected chi connectivity index (χ0v) is 11.4. The van der Waals surface area contributed by atoms with Crippen molar-refractivity contribution < 1.29 is 4.92 Å². The maximum atomic E-state index is 10.7. The topological polar surface area (TPSA) is 61.0 Å². The molecule has 0 spiro atoms. The van der Waals surface area contributed by atoms with Crippen LogP contribution in [0.3, 0.4) is 0 Å². The van der Waals surface area contributed by atoms with Crippen LogP contribution in [0, 0.1) is 16.0 Å². The first kappa shape index (κ1) is 12.5. The van der Waals surface area contributed by atoms with Crippen LogP contribution in [-0.4, -0.2) is 14.7 Å². The highest BCUT2D eigenvalue weighted by atomic mass is 79.9. The van der Waals surface area contributed by atoms with Gasteiger partial charge in [0.05, 0.1) is 17.3 Å². The molecule has 2 atom stereocenters. The third kappa shape index (κ3) is 2.68. The second-order valence-electron chi connectivity index (χ2n) is 4.63. The van der Waals surface area contributed by atoms with E-state index in [0.29, 0.717) is 10.5 Å². The third-order valence-electron chi connectivity index (χ3n) is 3.55. The number of nitrogens with zero attached hydrogens (tertiary/aromatic N) is 3. The summed E-state index contributed by atoms with van der Waals surface area (Å²) in [7, 11) is 0. The Balaban J connectivity index is 2.16. The van der Waals surface area contributed by atoms with E-state index in [1.54, 1.807) is 10.9 Å². The van der Waals surface area contributed by atoms with Crippen LogP contribution in [0.4, 0.5) is 5.82 Å². The molecule has 17 heavy (non-hydrogen) atoms. The van der Waals surface area contributed by atoms with Gasteiger partial charge in [-0.25, -0.2) is 0 Å². The molecule has 2 unspecified atom stereocenters. The lowest BCUT2D eigenvalue weighted by molar-refractivity contribution is -0.390. The minimum Gasteiger partial charge on any atom is -0.358 e. The van der Waals surface area contributed by atoms with Crippen LogP contribution in [0.2, 0.25) is 0 Å². The standard InChI is InChI=1S/C11H16BrN3O2/c1-2-8-4-3-5-9(6-8)14-7-10(12)11(13-14)15(16)17/h7-9H,2-6H2,1H3. The van der Waals surface area contributed by atoms with Gasteiger partial charge in [-0.2, -0.15) is 4.68 Å². The maximum Gasteiger partial charge on any atom is 0.404 e. The smallest absolute Gasteiger partial charge is 0.358 e. The molecule has 2 rings (SSSR count). The highest BCUT2D eigenvalue weighted by Gasteiger charge is 2.27. The molecule has 6 heteroatoms. The molecule has 1 aromatic rings. The van der Waals surface area contributed by atoms with Crippen molar-refractivity contribution in [2.75, 3.05) is 0 Å². The molecule has 1 heterocycles. The van der Waals surface area contributed by atoms with Crippen molar-refractivity contribution in [3.8, 4) is 0 Å². The summed E-state index contributed by atoms with van der Waals surface area (Å²) < 4.78 is 2.24. The molecular weight excluding hydrogens is 286 g/mol. The fourth-order valence-corrected chi connectivity index (χ4v) is 2.98. The van der Waals surface area contributed by atoms with Gasteiger partial charge in [0.1, 0.15) is 4.47 Å². The molecule has 1 saturated carbocycles. The number of hydrogen-bond donors (Lipinski definition) is 0. The third-order valence-corrected chi connectivity index (χ3v) is 4.11. The zero-order valence-electron chi connectivity index (χ0n) is 9.80. The van der Waals surface area contributed by atoms with E-state index in [1.165, 1.54) is 19.3 Å². The van der Waals surface area contributed by atoms with Gasteiger partial charge in [-0.05, 0) is 39.6 Å². The van der Waals surface area contributed by atoms with Crippen molar-refractivity contribution in [3.63, 3.8) is 0 Å². The molecular formula is C11H16BrN3O2. The Morgan fingerprint density at radius 2 is 2.41 bits per heavy atom. The fraction of sp³-hybridized carbons (Fsp3) is 0.727. The van der Waals surface area contributed by atoms with Gasteiger partial charge in [-0.3, -0.25) is 0 Å². The molecule has 0 radical (unpaired) electrons. The van der Waals surface area contributed by atoms with E-state index in [-0.39, 0.29) is 5.82 Å². The van der Waals surface area contributed by atoms with Crippen LogP contribution in [0.1, 0.15) is 45.1 Å². The molecule has 0 aliphatic heterocycles. The van der Waals surface area contributed by atoms with Crippen molar-refractivity contribution in [3.05, 3.63) is 20.8 Å². The van der Waals surface area contributed by atoms with Crippen molar-refractivity contribution in [1.29, 1.82) is 0 Å². The van der Waals surface area contributed by atoms with Gasteiger partial charge >= 0.3 is 5.82 Å². The SMILES string of the molecule is CCC1CCCC(n2cc(Br)c([N+](=O)[O-])n2)C1. The Hall–Kier alpha value is -0.910. The van der Waals surface area contributed by atoms with Gasteiger partial charge in [0.2, 0.25) is 0 Å². The average molecular weight is 302 g/mol. The quantitative estimate of drug-likeness (QED) is 0.632. The molecule has 1 aliphatic rings. The maximum absolute atomic E-state index is 10.7. The molecule has 0 aromatic carbocycles. The molecule has 1 aliphatic carbocycles. The summed E-state index contributed by atoms with van der Waals surface area (Å²) in [5, 5.41) is 14.8. The lowest BCUT2D eigenvalue weighted by Gasteiger charge is -2.26. The van der Waals surface area contributed by atoms with Gasteiger partial charge in [0, 0.05) is 0 Å². The minimum absolute atomic E-state index is 0.0800. The Bertz CT molecular complexity index is 419. The molecule has 0 bridgehead atoms. The van der Waals surface area contributed by atoms with Crippen LogP contribution >= 0.6 is 15.9 Å². The van der Waals surface area contributed by atoms with Crippen LogP contribution in [0.5, 0.6) is 0 Å². The summed E-state index contributed by atoms with van der Waals surface area (Å²) in [5.41, 5.74) is 0. The van der Waals surface area contributed by atoms with Gasteiger partial charge in [-0.1, -0.05) is 26.2 Å².